The summed E-state index contributed by atoms with van der Waals surface area (Å²) in [7, 11) is 1.71. The van der Waals surface area contributed by atoms with Gasteiger partial charge in [0.2, 0.25) is 5.91 Å². The zero-order valence-corrected chi connectivity index (χ0v) is 16.0. The van der Waals surface area contributed by atoms with Crippen LogP contribution in [0.4, 0.5) is 0 Å². The van der Waals surface area contributed by atoms with E-state index >= 15 is 0 Å². The molecule has 1 heterocycles. The number of para-hydroxylation sites is 1. The van der Waals surface area contributed by atoms with Gasteiger partial charge in [0.25, 0.3) is 5.56 Å². The van der Waals surface area contributed by atoms with Gasteiger partial charge in [-0.05, 0) is 30.5 Å². The summed E-state index contributed by atoms with van der Waals surface area (Å²) in [6.07, 6.45) is 2.13. The molecule has 1 aliphatic carbocycles. The van der Waals surface area contributed by atoms with Crippen molar-refractivity contribution in [2.45, 2.75) is 30.6 Å². The number of hydrogen-bond donors (Lipinski definition) is 0. The summed E-state index contributed by atoms with van der Waals surface area (Å²) in [5, 5.41) is 1.17. The smallest absolute Gasteiger partial charge is 0.261 e. The molecular formula is C21H21N3O2S. The molecule has 1 amide bonds. The van der Waals surface area contributed by atoms with Crippen LogP contribution in [0.2, 0.25) is 0 Å². The Morgan fingerprint density at radius 2 is 1.85 bits per heavy atom. The minimum atomic E-state index is -0.0844. The first-order valence-corrected chi connectivity index (χ1v) is 10.0. The fraction of sp³-hybridized carbons (Fsp3) is 0.286. The van der Waals surface area contributed by atoms with Gasteiger partial charge in [-0.3, -0.25) is 14.2 Å². The number of aromatic nitrogens is 2. The Bertz CT molecular complexity index is 1030. The molecule has 0 N–H and O–H groups in total. The molecule has 1 aliphatic rings. The van der Waals surface area contributed by atoms with Crippen molar-refractivity contribution in [3.05, 3.63) is 70.5 Å². The van der Waals surface area contributed by atoms with Crippen molar-refractivity contribution in [1.29, 1.82) is 0 Å². The maximum absolute atomic E-state index is 12.9. The number of amides is 1. The lowest BCUT2D eigenvalue weighted by Gasteiger charge is -2.22. The Labute approximate surface area is 162 Å². The predicted octanol–water partition coefficient (Wildman–Crippen LogP) is 3.22. The number of hydrogen-bond acceptors (Lipinski definition) is 4. The molecule has 6 heteroatoms. The Morgan fingerprint density at radius 1 is 1.15 bits per heavy atom. The number of thioether (sulfide) groups is 1. The number of carbonyl (C=O) groups excluding carboxylic acids is 1. The Balaban J connectivity index is 1.50. The molecule has 4 rings (SSSR count). The largest absolute Gasteiger partial charge is 0.335 e. The van der Waals surface area contributed by atoms with Crippen molar-refractivity contribution in [1.82, 2.24) is 14.5 Å². The minimum Gasteiger partial charge on any atom is -0.335 e. The first-order valence-electron chi connectivity index (χ1n) is 9.05. The van der Waals surface area contributed by atoms with E-state index in [1.165, 1.54) is 16.3 Å². The Hall–Kier alpha value is -2.60. The van der Waals surface area contributed by atoms with Crippen molar-refractivity contribution in [2.24, 2.45) is 7.05 Å². The Kier molecular flexibility index (Phi) is 4.99. The molecule has 138 valence electrons. The highest BCUT2D eigenvalue weighted by Gasteiger charge is 2.32. The first kappa shape index (κ1) is 17.8. The summed E-state index contributed by atoms with van der Waals surface area (Å²) in [4.78, 5) is 31.9. The monoisotopic (exact) mass is 379 g/mol. The van der Waals surface area contributed by atoms with Crippen LogP contribution < -0.4 is 5.56 Å². The molecule has 1 fully saturated rings. The molecule has 3 aromatic rings. The minimum absolute atomic E-state index is 0.0844. The standard InChI is InChI=1S/C21H21N3O2S/c1-23-20(26)17-9-5-6-10-18(17)22-21(23)27-14-19(25)24(16-11-12-16)13-15-7-3-2-4-8-15/h2-10,16H,11-14H2,1H3. The summed E-state index contributed by atoms with van der Waals surface area (Å²) in [6, 6.07) is 17.7. The van der Waals surface area contributed by atoms with Crippen LogP contribution in [0.25, 0.3) is 10.9 Å². The van der Waals surface area contributed by atoms with Crippen molar-refractivity contribution < 1.29 is 4.79 Å². The molecule has 27 heavy (non-hydrogen) atoms. The molecule has 0 saturated heterocycles. The summed E-state index contributed by atoms with van der Waals surface area (Å²) in [6.45, 7) is 0.634. The number of nitrogens with zero attached hydrogens (tertiary/aromatic N) is 3. The van der Waals surface area contributed by atoms with Crippen LogP contribution in [0.5, 0.6) is 0 Å². The van der Waals surface area contributed by atoms with Crippen LogP contribution in [0.3, 0.4) is 0 Å². The first-order chi connectivity index (χ1) is 13.1. The van der Waals surface area contributed by atoms with Crippen LogP contribution in [0.15, 0.2) is 64.5 Å². The lowest BCUT2D eigenvalue weighted by molar-refractivity contribution is -0.129. The third-order valence-electron chi connectivity index (χ3n) is 4.77. The van der Waals surface area contributed by atoms with Gasteiger partial charge in [-0.2, -0.15) is 0 Å². The second-order valence-electron chi connectivity index (χ2n) is 6.80. The van der Waals surface area contributed by atoms with E-state index in [0.29, 0.717) is 28.6 Å². The summed E-state index contributed by atoms with van der Waals surface area (Å²) >= 11 is 1.33. The lowest BCUT2D eigenvalue weighted by atomic mass is 10.2. The second kappa shape index (κ2) is 7.56. The average molecular weight is 379 g/mol. The normalized spacial score (nSPS) is 13.7. The van der Waals surface area contributed by atoms with E-state index in [2.05, 4.69) is 4.98 Å². The highest BCUT2D eigenvalue weighted by molar-refractivity contribution is 7.99. The molecule has 2 aromatic carbocycles. The molecule has 5 nitrogen and oxygen atoms in total. The number of carbonyl (C=O) groups is 1. The number of fused-ring (bicyclic) bond motifs is 1. The van der Waals surface area contributed by atoms with Gasteiger partial charge in [-0.1, -0.05) is 54.2 Å². The van der Waals surface area contributed by atoms with Gasteiger partial charge in [-0.15, -0.1) is 0 Å². The van der Waals surface area contributed by atoms with E-state index in [1.54, 1.807) is 13.1 Å². The van der Waals surface area contributed by atoms with E-state index < -0.39 is 0 Å². The molecule has 0 atom stereocenters. The van der Waals surface area contributed by atoms with Crippen molar-refractivity contribution in [3.8, 4) is 0 Å². The fourth-order valence-corrected chi connectivity index (χ4v) is 3.98. The molecule has 0 spiro atoms. The highest BCUT2D eigenvalue weighted by Crippen LogP contribution is 2.29. The van der Waals surface area contributed by atoms with Gasteiger partial charge < -0.3 is 4.90 Å². The molecule has 0 aliphatic heterocycles. The average Bonchev–Trinajstić information content (AvgIpc) is 3.53. The third kappa shape index (κ3) is 3.90. The molecular weight excluding hydrogens is 358 g/mol. The van der Waals surface area contributed by atoms with Crippen LogP contribution >= 0.6 is 11.8 Å². The molecule has 1 aromatic heterocycles. The summed E-state index contributed by atoms with van der Waals surface area (Å²) in [5.41, 5.74) is 1.72. The van der Waals surface area contributed by atoms with E-state index in [4.69, 9.17) is 0 Å². The van der Waals surface area contributed by atoms with E-state index in [0.717, 1.165) is 18.4 Å². The van der Waals surface area contributed by atoms with Crippen molar-refractivity contribution in [2.75, 3.05) is 5.75 Å². The molecule has 0 unspecified atom stereocenters. The molecule has 1 saturated carbocycles. The second-order valence-corrected chi connectivity index (χ2v) is 7.75. The Morgan fingerprint density at radius 3 is 2.59 bits per heavy atom. The topological polar surface area (TPSA) is 55.2 Å². The summed E-state index contributed by atoms with van der Waals surface area (Å²) < 4.78 is 1.53. The maximum Gasteiger partial charge on any atom is 0.261 e. The van der Waals surface area contributed by atoms with Gasteiger partial charge >= 0.3 is 0 Å². The lowest BCUT2D eigenvalue weighted by Crippen LogP contribution is -2.34. The zero-order chi connectivity index (χ0) is 18.8. The van der Waals surface area contributed by atoms with E-state index in [-0.39, 0.29) is 17.2 Å². The van der Waals surface area contributed by atoms with Gasteiger partial charge in [-0.25, -0.2) is 4.98 Å². The highest BCUT2D eigenvalue weighted by atomic mass is 32.2. The fourth-order valence-electron chi connectivity index (χ4n) is 3.12. The zero-order valence-electron chi connectivity index (χ0n) is 15.2. The third-order valence-corrected chi connectivity index (χ3v) is 5.79. The number of rotatable bonds is 6. The molecule has 0 bridgehead atoms. The SMILES string of the molecule is Cn1c(SCC(=O)N(Cc2ccccc2)C2CC2)nc2ccccc2c1=O. The van der Waals surface area contributed by atoms with E-state index in [9.17, 15) is 9.59 Å². The van der Waals surface area contributed by atoms with Crippen LogP contribution in [-0.4, -0.2) is 32.2 Å². The molecule has 0 radical (unpaired) electrons. The summed E-state index contributed by atoms with van der Waals surface area (Å²) in [5.74, 6) is 0.371. The van der Waals surface area contributed by atoms with Crippen molar-refractivity contribution in [3.63, 3.8) is 0 Å². The quantitative estimate of drug-likeness (QED) is 0.487. The van der Waals surface area contributed by atoms with Crippen LogP contribution in [0, 0.1) is 0 Å². The number of benzene rings is 2. The van der Waals surface area contributed by atoms with Crippen LogP contribution in [0.1, 0.15) is 18.4 Å². The van der Waals surface area contributed by atoms with Gasteiger partial charge in [0.05, 0.1) is 16.7 Å². The van der Waals surface area contributed by atoms with Gasteiger partial charge in [0, 0.05) is 19.6 Å². The van der Waals surface area contributed by atoms with Crippen LogP contribution in [-0.2, 0) is 18.4 Å². The van der Waals surface area contributed by atoms with E-state index in [1.807, 2.05) is 53.4 Å². The predicted molar refractivity (Wildman–Crippen MR) is 108 cm³/mol. The van der Waals surface area contributed by atoms with Gasteiger partial charge in [0.15, 0.2) is 5.16 Å². The van der Waals surface area contributed by atoms with Gasteiger partial charge in [0.1, 0.15) is 0 Å². The van der Waals surface area contributed by atoms with Crippen molar-refractivity contribution >= 4 is 28.6 Å². The maximum atomic E-state index is 12.9.